The number of carbonyl (C=O) groups is 2. The lowest BCUT2D eigenvalue weighted by molar-refractivity contribution is -0.137. The summed E-state index contributed by atoms with van der Waals surface area (Å²) in [6, 6.07) is 9.53. The van der Waals surface area contributed by atoms with Crippen LogP contribution in [0.1, 0.15) is 36.3 Å². The molecular weight excluding hydrogens is 623 g/mol. The van der Waals surface area contributed by atoms with E-state index in [1.54, 1.807) is 23.2 Å². The van der Waals surface area contributed by atoms with Gasteiger partial charge >= 0.3 is 12.2 Å². The van der Waals surface area contributed by atoms with Crippen molar-refractivity contribution < 1.29 is 27.5 Å². The molecule has 2 saturated heterocycles. The molecule has 0 aliphatic carbocycles. The van der Waals surface area contributed by atoms with Crippen molar-refractivity contribution in [2.24, 2.45) is 0 Å². The highest BCUT2D eigenvalue weighted by atomic mass is 35.5. The average molecular weight is 660 g/mol. The number of aromatic nitrogens is 2. The van der Waals surface area contributed by atoms with Crippen molar-refractivity contribution in [3.8, 4) is 17.1 Å². The average Bonchev–Trinajstić information content (AvgIpc) is 3.34. The summed E-state index contributed by atoms with van der Waals surface area (Å²) in [6.45, 7) is 5.86. The molecule has 2 aliphatic rings. The lowest BCUT2D eigenvalue weighted by Crippen LogP contribution is -2.58. The van der Waals surface area contributed by atoms with Gasteiger partial charge in [0.1, 0.15) is 0 Å². The summed E-state index contributed by atoms with van der Waals surface area (Å²) >= 11 is 5.90. The smallest absolute Gasteiger partial charge is 0.418 e. The molecule has 1 N–H and O–H groups in total. The molecule has 2 aromatic heterocycles. The first kappa shape index (κ1) is 33.3. The van der Waals surface area contributed by atoms with Gasteiger partial charge in [-0.05, 0) is 69.9 Å². The largest absolute Gasteiger partial charge is 0.477 e. The highest BCUT2D eigenvalue weighted by Crippen LogP contribution is 2.41. The molecule has 0 saturated carbocycles. The van der Waals surface area contributed by atoms with Gasteiger partial charge in [0.25, 0.3) is 5.91 Å². The second-order valence-corrected chi connectivity index (χ2v) is 11.9. The number of nitrogens with one attached hydrogen (secondary N) is 1. The molecule has 14 heteroatoms. The predicted octanol–water partition coefficient (Wildman–Crippen LogP) is 5.42. The van der Waals surface area contributed by atoms with E-state index in [0.717, 1.165) is 6.07 Å². The molecule has 0 unspecified atom stereocenters. The maximum Gasteiger partial charge on any atom is 0.418 e. The van der Waals surface area contributed by atoms with Crippen molar-refractivity contribution in [3.63, 3.8) is 0 Å². The summed E-state index contributed by atoms with van der Waals surface area (Å²) in [5.74, 6) is 0.0344. The van der Waals surface area contributed by atoms with E-state index >= 15 is 0 Å². The number of pyridine rings is 2. The summed E-state index contributed by atoms with van der Waals surface area (Å²) in [7, 11) is 3.82. The Morgan fingerprint density at radius 1 is 1.09 bits per heavy atom. The normalized spacial score (nSPS) is 18.3. The van der Waals surface area contributed by atoms with Crippen LogP contribution in [0, 0.1) is 0 Å². The topological polar surface area (TPSA) is 94.1 Å². The molecule has 4 heterocycles. The van der Waals surface area contributed by atoms with E-state index in [0.29, 0.717) is 55.5 Å². The van der Waals surface area contributed by atoms with Crippen LogP contribution in [0.4, 0.5) is 29.3 Å². The molecule has 1 aromatic carbocycles. The van der Waals surface area contributed by atoms with Gasteiger partial charge in [-0.1, -0.05) is 18.5 Å². The monoisotopic (exact) mass is 659 g/mol. The molecule has 2 fully saturated rings. The van der Waals surface area contributed by atoms with Crippen LogP contribution in [-0.2, 0) is 6.18 Å². The van der Waals surface area contributed by atoms with Crippen LogP contribution in [0.2, 0.25) is 5.02 Å². The van der Waals surface area contributed by atoms with Crippen LogP contribution >= 0.6 is 11.6 Å². The summed E-state index contributed by atoms with van der Waals surface area (Å²) < 4.78 is 47.6. The number of piperazine rings is 1. The van der Waals surface area contributed by atoms with Crippen LogP contribution in [0.25, 0.3) is 11.3 Å². The summed E-state index contributed by atoms with van der Waals surface area (Å²) in [5, 5.41) is 2.90. The molecule has 0 radical (unpaired) electrons. The lowest BCUT2D eigenvalue weighted by Gasteiger charge is -2.44. The minimum atomic E-state index is -4.69. The quantitative estimate of drug-likeness (QED) is 0.311. The van der Waals surface area contributed by atoms with Gasteiger partial charge in [0.2, 0.25) is 5.88 Å². The molecule has 46 heavy (non-hydrogen) atoms. The Hall–Kier alpha value is -4.10. The minimum absolute atomic E-state index is 0.0414. The second-order valence-electron chi connectivity index (χ2n) is 11.5. The molecule has 10 nitrogen and oxygen atoms in total. The van der Waals surface area contributed by atoms with E-state index < -0.39 is 23.8 Å². The van der Waals surface area contributed by atoms with Crippen LogP contribution in [0.5, 0.6) is 5.88 Å². The third kappa shape index (κ3) is 6.85. The third-order valence-electron chi connectivity index (χ3n) is 8.16. The fourth-order valence-electron chi connectivity index (χ4n) is 5.92. The molecule has 0 spiro atoms. The number of hydrogen-bond acceptors (Lipinski definition) is 7. The number of benzene rings is 1. The van der Waals surface area contributed by atoms with Gasteiger partial charge in [-0.15, -0.1) is 0 Å². The molecular formula is C32H37ClF3N7O3. The van der Waals surface area contributed by atoms with Gasteiger partial charge in [0, 0.05) is 50.0 Å². The van der Waals surface area contributed by atoms with Crippen molar-refractivity contribution in [3.05, 3.63) is 64.9 Å². The maximum absolute atomic E-state index is 14.0. The van der Waals surface area contributed by atoms with Gasteiger partial charge in [-0.25, -0.2) is 14.8 Å². The Morgan fingerprint density at radius 2 is 1.85 bits per heavy atom. The highest BCUT2D eigenvalue weighted by Gasteiger charge is 2.47. The molecule has 3 amide bonds. The zero-order valence-electron chi connectivity index (χ0n) is 26.1. The lowest BCUT2D eigenvalue weighted by atomic mass is 10.0. The first-order valence-corrected chi connectivity index (χ1v) is 15.5. The number of carbonyl (C=O) groups excluding carboxylic acids is 2. The van der Waals surface area contributed by atoms with Crippen molar-refractivity contribution >= 4 is 34.9 Å². The van der Waals surface area contributed by atoms with Crippen molar-refractivity contribution in [2.75, 3.05) is 63.2 Å². The van der Waals surface area contributed by atoms with Gasteiger partial charge < -0.3 is 24.8 Å². The number of nitrogens with zero attached hydrogens (tertiary/aromatic N) is 6. The Kier molecular flexibility index (Phi) is 9.92. The number of urea groups is 1. The summed E-state index contributed by atoms with van der Waals surface area (Å²) in [4.78, 5) is 43.2. The van der Waals surface area contributed by atoms with Gasteiger partial charge in [-0.2, -0.15) is 13.2 Å². The zero-order valence-corrected chi connectivity index (χ0v) is 26.9. The van der Waals surface area contributed by atoms with Crippen LogP contribution in [-0.4, -0.2) is 97.2 Å². The van der Waals surface area contributed by atoms with Crippen molar-refractivity contribution in [1.82, 2.24) is 25.1 Å². The summed E-state index contributed by atoms with van der Waals surface area (Å²) in [5.41, 5.74) is 0.727. The predicted molar refractivity (Wildman–Crippen MR) is 171 cm³/mol. The Morgan fingerprint density at radius 3 is 2.54 bits per heavy atom. The van der Waals surface area contributed by atoms with Gasteiger partial charge in [-0.3, -0.25) is 9.69 Å². The van der Waals surface area contributed by atoms with E-state index in [1.807, 2.05) is 45.0 Å². The first-order chi connectivity index (χ1) is 21.9. The number of rotatable bonds is 10. The van der Waals surface area contributed by atoms with Crippen molar-refractivity contribution in [1.29, 1.82) is 0 Å². The first-order valence-electron chi connectivity index (χ1n) is 15.2. The second kappa shape index (κ2) is 13.7. The fourth-order valence-corrected chi connectivity index (χ4v) is 6.09. The van der Waals surface area contributed by atoms with E-state index in [-0.39, 0.29) is 41.4 Å². The standard InChI is InChI=1S/C32H37ClF3N7O3/c1-5-21-17-42-22(19-43(31(42)45)26-11-9-20(33)16-24(26)32(34,35)36)18-41(21)27-12-10-25(23-8-7-13-38-30(23)46-6-2)39-28(27)29(44)37-14-15-40(3)4/h7-13,16,21-22H,5-6,14-15,17-19H2,1-4H3,(H,37,44)/t21-,22+/m1/s1. The van der Waals surface area contributed by atoms with Gasteiger partial charge in [0.15, 0.2) is 5.69 Å². The molecule has 0 bridgehead atoms. The van der Waals surface area contributed by atoms with E-state index in [2.05, 4.69) is 15.2 Å². The Labute approximate surface area is 271 Å². The number of halogens is 4. The fraction of sp³-hybridized carbons (Fsp3) is 0.438. The number of anilines is 2. The van der Waals surface area contributed by atoms with Crippen LogP contribution < -0.4 is 19.9 Å². The molecule has 5 rings (SSSR count). The van der Waals surface area contributed by atoms with Crippen LogP contribution in [0.3, 0.4) is 0 Å². The molecule has 3 aromatic rings. The number of fused-ring (bicyclic) bond motifs is 1. The Balaban J connectivity index is 1.51. The molecule has 2 aliphatic heterocycles. The van der Waals surface area contributed by atoms with Crippen molar-refractivity contribution in [2.45, 2.75) is 38.5 Å². The highest BCUT2D eigenvalue weighted by molar-refractivity contribution is 6.30. The molecule has 2 atom stereocenters. The van der Waals surface area contributed by atoms with Crippen LogP contribution in [0.15, 0.2) is 48.7 Å². The number of ether oxygens (including phenoxy) is 1. The molecule has 246 valence electrons. The SMILES string of the molecule is CCOc1ncccc1-c1ccc(N2C[C@H]3CN(c4ccc(Cl)cc4C(F)(F)F)C(=O)N3C[C@H]2CC)c(C(=O)NCCN(C)C)n1. The van der Waals surface area contributed by atoms with E-state index in [1.165, 1.54) is 17.0 Å². The number of hydrogen-bond donors (Lipinski definition) is 1. The van der Waals surface area contributed by atoms with E-state index in [4.69, 9.17) is 21.3 Å². The maximum atomic E-state index is 14.0. The van der Waals surface area contributed by atoms with Gasteiger partial charge in [0.05, 0.1) is 40.8 Å². The third-order valence-corrected chi connectivity index (χ3v) is 8.40. The summed E-state index contributed by atoms with van der Waals surface area (Å²) in [6.07, 6.45) is -2.46. The number of amides is 3. The number of alkyl halides is 3. The number of likely N-dealkylation sites (N-methyl/N-ethyl adjacent to an activating group) is 1. The minimum Gasteiger partial charge on any atom is -0.477 e. The zero-order chi connectivity index (χ0) is 33.2. The Bertz CT molecular complexity index is 1590. The van der Waals surface area contributed by atoms with E-state index in [9.17, 15) is 22.8 Å².